The van der Waals surface area contributed by atoms with Gasteiger partial charge < -0.3 is 10.1 Å². The molecule has 1 aromatic carbocycles. The fourth-order valence-corrected chi connectivity index (χ4v) is 3.70. The van der Waals surface area contributed by atoms with E-state index in [4.69, 9.17) is 4.74 Å². The van der Waals surface area contributed by atoms with Crippen LogP contribution in [0.25, 0.3) is 0 Å². The molecule has 0 saturated heterocycles. The second-order valence-electron chi connectivity index (χ2n) is 8.19. The van der Waals surface area contributed by atoms with Gasteiger partial charge in [0, 0.05) is 0 Å². The number of hydrogen-bond donors (Lipinski definition) is 2. The Bertz CT molecular complexity index is 904. The lowest BCUT2D eigenvalue weighted by Crippen LogP contribution is -2.53. The number of carbonyl (C=O) groups is 2. The summed E-state index contributed by atoms with van der Waals surface area (Å²) in [5.41, 5.74) is -0.221. The molecule has 3 atom stereocenters. The number of esters is 1. The summed E-state index contributed by atoms with van der Waals surface area (Å²) in [5.74, 6) is -2.09. The van der Waals surface area contributed by atoms with Crippen LogP contribution in [0.2, 0.25) is 0 Å². The number of amides is 1. The first-order valence-corrected chi connectivity index (χ1v) is 11.2. The molecular weight excluding hydrogens is 406 g/mol. The van der Waals surface area contributed by atoms with Crippen LogP contribution in [0.4, 0.5) is 0 Å². The van der Waals surface area contributed by atoms with Crippen molar-refractivity contribution in [1.29, 1.82) is 5.26 Å². The van der Waals surface area contributed by atoms with E-state index in [9.17, 15) is 23.3 Å². The van der Waals surface area contributed by atoms with E-state index in [2.05, 4.69) is 10.0 Å². The summed E-state index contributed by atoms with van der Waals surface area (Å²) < 4.78 is 32.9. The van der Waals surface area contributed by atoms with Gasteiger partial charge in [-0.05, 0) is 44.7 Å². The molecule has 166 valence electrons. The summed E-state index contributed by atoms with van der Waals surface area (Å²) in [6, 6.07) is 7.08. The number of aryl methyl sites for hydroxylation is 1. The number of nitriles is 1. The number of nitrogens with zero attached hydrogens (tertiary/aromatic N) is 1. The SMILES string of the molecule is Cc1ccc(S(=O)(=O)NC(C(=O)OC(C)C(=O)NC(C)(C#N)C(C)C)C(C)C)cc1. The van der Waals surface area contributed by atoms with E-state index >= 15 is 0 Å². The Morgan fingerprint density at radius 1 is 1.10 bits per heavy atom. The Hall–Kier alpha value is -2.44. The van der Waals surface area contributed by atoms with Gasteiger partial charge in [-0.3, -0.25) is 9.59 Å². The molecule has 0 radical (unpaired) electrons. The molecule has 0 aliphatic rings. The Morgan fingerprint density at radius 2 is 1.63 bits per heavy atom. The molecule has 9 heteroatoms. The first-order chi connectivity index (χ1) is 13.7. The fourth-order valence-electron chi connectivity index (χ4n) is 2.37. The molecule has 3 unspecified atom stereocenters. The normalized spacial score (nSPS) is 15.7. The van der Waals surface area contributed by atoms with Crippen molar-refractivity contribution in [1.82, 2.24) is 10.0 Å². The third kappa shape index (κ3) is 6.54. The van der Waals surface area contributed by atoms with E-state index < -0.39 is 45.5 Å². The monoisotopic (exact) mass is 437 g/mol. The summed E-state index contributed by atoms with van der Waals surface area (Å²) in [6.45, 7) is 11.7. The number of nitrogens with one attached hydrogen (secondary N) is 2. The maximum atomic E-state index is 12.6. The third-order valence-electron chi connectivity index (χ3n) is 4.97. The van der Waals surface area contributed by atoms with E-state index in [0.29, 0.717) is 0 Å². The molecule has 0 spiro atoms. The van der Waals surface area contributed by atoms with Gasteiger partial charge in [-0.1, -0.05) is 45.4 Å². The lowest BCUT2D eigenvalue weighted by molar-refractivity contribution is -0.157. The average molecular weight is 438 g/mol. The molecule has 1 rings (SSSR count). The minimum atomic E-state index is -3.96. The van der Waals surface area contributed by atoms with Crippen LogP contribution in [-0.2, 0) is 24.3 Å². The van der Waals surface area contributed by atoms with Crippen molar-refractivity contribution in [3.8, 4) is 6.07 Å². The first-order valence-electron chi connectivity index (χ1n) is 9.76. The van der Waals surface area contributed by atoms with E-state index in [0.717, 1.165) is 5.56 Å². The van der Waals surface area contributed by atoms with Crippen molar-refractivity contribution in [2.75, 3.05) is 0 Å². The molecule has 0 bridgehead atoms. The fraction of sp³-hybridized carbons (Fsp3) is 0.571. The maximum absolute atomic E-state index is 12.6. The van der Waals surface area contributed by atoms with Crippen LogP contribution in [0.3, 0.4) is 0 Å². The maximum Gasteiger partial charge on any atom is 0.325 e. The van der Waals surface area contributed by atoms with Crippen molar-refractivity contribution in [2.45, 2.75) is 71.0 Å². The molecule has 8 nitrogen and oxygen atoms in total. The van der Waals surface area contributed by atoms with E-state index in [1.807, 2.05) is 13.0 Å². The second-order valence-corrected chi connectivity index (χ2v) is 9.91. The Balaban J connectivity index is 2.93. The highest BCUT2D eigenvalue weighted by Gasteiger charge is 2.35. The summed E-state index contributed by atoms with van der Waals surface area (Å²) >= 11 is 0. The summed E-state index contributed by atoms with van der Waals surface area (Å²) in [6.07, 6.45) is -1.20. The van der Waals surface area contributed by atoms with Gasteiger partial charge in [-0.2, -0.15) is 9.98 Å². The van der Waals surface area contributed by atoms with Crippen LogP contribution in [0.1, 0.15) is 47.1 Å². The highest BCUT2D eigenvalue weighted by atomic mass is 32.2. The standard InChI is InChI=1S/C21H31N3O5S/c1-13(2)18(24-30(27,28)17-10-8-15(5)9-11-17)20(26)29-16(6)19(25)23-21(7,12-22)14(3)4/h8-11,13-14,16,18,24H,1-7H3,(H,23,25). The van der Waals surface area contributed by atoms with Crippen LogP contribution < -0.4 is 10.0 Å². The Kier molecular flexibility index (Phi) is 8.57. The highest BCUT2D eigenvalue weighted by molar-refractivity contribution is 7.89. The van der Waals surface area contributed by atoms with Gasteiger partial charge in [0.15, 0.2) is 6.10 Å². The summed E-state index contributed by atoms with van der Waals surface area (Å²) in [7, 11) is -3.96. The minimum Gasteiger partial charge on any atom is -0.451 e. The molecule has 0 saturated carbocycles. The third-order valence-corrected chi connectivity index (χ3v) is 6.42. The largest absolute Gasteiger partial charge is 0.451 e. The smallest absolute Gasteiger partial charge is 0.325 e. The molecule has 0 aromatic heterocycles. The molecule has 30 heavy (non-hydrogen) atoms. The van der Waals surface area contributed by atoms with Gasteiger partial charge in [0.2, 0.25) is 10.0 Å². The lowest BCUT2D eigenvalue weighted by atomic mass is 9.90. The average Bonchev–Trinajstić information content (AvgIpc) is 2.65. The zero-order valence-electron chi connectivity index (χ0n) is 18.5. The lowest BCUT2D eigenvalue weighted by Gasteiger charge is -2.29. The van der Waals surface area contributed by atoms with Crippen molar-refractivity contribution in [3.63, 3.8) is 0 Å². The zero-order chi connectivity index (χ0) is 23.3. The van der Waals surface area contributed by atoms with Crippen molar-refractivity contribution in [3.05, 3.63) is 29.8 Å². The number of carbonyl (C=O) groups excluding carboxylic acids is 2. The van der Waals surface area contributed by atoms with E-state index in [-0.39, 0.29) is 10.8 Å². The topological polar surface area (TPSA) is 125 Å². The first kappa shape index (κ1) is 25.6. The molecule has 0 aliphatic heterocycles. The summed E-state index contributed by atoms with van der Waals surface area (Å²) in [5, 5.41) is 11.9. The molecule has 2 N–H and O–H groups in total. The molecule has 1 aromatic rings. The molecule has 1 amide bonds. The van der Waals surface area contributed by atoms with Gasteiger partial charge in [-0.25, -0.2) is 8.42 Å². The van der Waals surface area contributed by atoms with Crippen LogP contribution in [0, 0.1) is 30.1 Å². The minimum absolute atomic E-state index is 0.0269. The number of sulfonamides is 1. The van der Waals surface area contributed by atoms with Gasteiger partial charge in [0.25, 0.3) is 5.91 Å². The summed E-state index contributed by atoms with van der Waals surface area (Å²) in [4.78, 5) is 25.1. The number of benzene rings is 1. The zero-order valence-corrected chi connectivity index (χ0v) is 19.3. The van der Waals surface area contributed by atoms with Gasteiger partial charge in [0.1, 0.15) is 11.6 Å². The number of rotatable bonds is 9. The van der Waals surface area contributed by atoms with Gasteiger partial charge in [0.05, 0.1) is 11.0 Å². The second kappa shape index (κ2) is 10.0. The van der Waals surface area contributed by atoms with E-state index in [1.165, 1.54) is 19.1 Å². The molecular formula is C21H31N3O5S. The van der Waals surface area contributed by atoms with Crippen LogP contribution >= 0.6 is 0 Å². The van der Waals surface area contributed by atoms with Crippen LogP contribution in [-0.4, -0.2) is 38.0 Å². The molecule has 0 heterocycles. The van der Waals surface area contributed by atoms with Crippen molar-refractivity contribution >= 4 is 21.9 Å². The van der Waals surface area contributed by atoms with Crippen LogP contribution in [0.5, 0.6) is 0 Å². The van der Waals surface area contributed by atoms with Crippen molar-refractivity contribution in [2.24, 2.45) is 11.8 Å². The van der Waals surface area contributed by atoms with E-state index in [1.54, 1.807) is 46.8 Å². The predicted octanol–water partition coefficient (Wildman–Crippen LogP) is 2.28. The number of hydrogen-bond acceptors (Lipinski definition) is 6. The Morgan fingerprint density at radius 3 is 2.07 bits per heavy atom. The van der Waals surface area contributed by atoms with Gasteiger partial charge >= 0.3 is 5.97 Å². The quantitative estimate of drug-likeness (QED) is 0.571. The molecule has 0 fully saturated rings. The Labute approximate surface area is 179 Å². The van der Waals surface area contributed by atoms with Gasteiger partial charge in [-0.15, -0.1) is 0 Å². The number of ether oxygens (including phenoxy) is 1. The van der Waals surface area contributed by atoms with Crippen molar-refractivity contribution < 1.29 is 22.7 Å². The predicted molar refractivity (Wildman–Crippen MR) is 113 cm³/mol. The highest BCUT2D eigenvalue weighted by Crippen LogP contribution is 2.17. The van der Waals surface area contributed by atoms with Crippen LogP contribution in [0.15, 0.2) is 29.2 Å². The molecule has 0 aliphatic carbocycles.